The maximum absolute atomic E-state index is 13.4. The van der Waals surface area contributed by atoms with Crippen LogP contribution in [0.15, 0.2) is 58.9 Å². The lowest BCUT2D eigenvalue weighted by molar-refractivity contribution is -0.138. The van der Waals surface area contributed by atoms with Gasteiger partial charge >= 0.3 is 11.9 Å². The normalized spacial score (nSPS) is 15.7. The van der Waals surface area contributed by atoms with E-state index in [4.69, 9.17) is 38.4 Å². The van der Waals surface area contributed by atoms with Crippen LogP contribution in [0.25, 0.3) is 17.5 Å². The van der Waals surface area contributed by atoms with Gasteiger partial charge in [0.05, 0.1) is 35.3 Å². The summed E-state index contributed by atoms with van der Waals surface area (Å²) in [5.74, 6) is -2.48. The van der Waals surface area contributed by atoms with E-state index in [9.17, 15) is 14.4 Å². The van der Waals surface area contributed by atoms with Gasteiger partial charge in [-0.15, -0.1) is 11.3 Å². The summed E-state index contributed by atoms with van der Waals surface area (Å²) in [5.41, 5.74) is 7.33. The average molecular weight is 531 g/mol. The van der Waals surface area contributed by atoms with Crippen molar-refractivity contribution in [3.63, 3.8) is 0 Å². The number of carbonyl (C=O) groups is 2. The number of hydrogen-bond donors (Lipinski definition) is 1. The first-order valence-electron chi connectivity index (χ1n) is 10.5. The number of rotatable bonds is 5. The molecule has 0 spiro atoms. The Morgan fingerprint density at radius 2 is 1.63 bits per heavy atom. The summed E-state index contributed by atoms with van der Waals surface area (Å²) >= 11 is 13.1. The van der Waals surface area contributed by atoms with Crippen molar-refractivity contribution in [2.75, 3.05) is 13.7 Å². The Bertz CT molecular complexity index is 1520. The molecule has 35 heavy (non-hydrogen) atoms. The van der Waals surface area contributed by atoms with Crippen LogP contribution in [0.5, 0.6) is 0 Å². The molecule has 2 heterocycles. The number of halogens is 2. The number of thiazole rings is 1. The van der Waals surface area contributed by atoms with Crippen LogP contribution in [0, 0.1) is 0 Å². The van der Waals surface area contributed by atoms with Gasteiger partial charge in [-0.25, -0.2) is 9.59 Å². The number of carbonyl (C=O) groups excluding carboxylic acids is 2. The van der Waals surface area contributed by atoms with Crippen molar-refractivity contribution in [1.82, 2.24) is 4.57 Å². The first-order chi connectivity index (χ1) is 16.8. The van der Waals surface area contributed by atoms with E-state index in [1.807, 2.05) is 0 Å². The minimum absolute atomic E-state index is 0.0278. The standard InChI is InChI=1S/C25H20Cl2N2O5S/c1-3-34-25(32)19-18(14-6-10-16(27)11-7-14)20(24(31)33-2)23-29(21(19)28)22(30)17(35-23)12-13-4-8-15(26)9-5-13/h4-12,18H,3,28H2,1-2H3/t18-/m0/s1. The molecule has 10 heteroatoms. The number of nitrogens with two attached hydrogens (primary N) is 1. The SMILES string of the molecule is CCOC(=O)C1=C(N)n2c(sc(=Cc3ccc(Cl)cc3)c2=O)=C(C(=O)OC)[C@H]1c1ccc(Cl)cc1. The van der Waals surface area contributed by atoms with Gasteiger partial charge in [0.2, 0.25) is 0 Å². The highest BCUT2D eigenvalue weighted by atomic mass is 35.5. The highest BCUT2D eigenvalue weighted by Gasteiger charge is 2.39. The van der Waals surface area contributed by atoms with E-state index in [0.29, 0.717) is 20.1 Å². The fourth-order valence-corrected chi connectivity index (χ4v) is 5.28. The van der Waals surface area contributed by atoms with Crippen LogP contribution in [-0.2, 0) is 19.1 Å². The molecule has 1 atom stereocenters. The number of benzene rings is 2. The second-order valence-corrected chi connectivity index (χ2v) is 9.42. The van der Waals surface area contributed by atoms with E-state index in [2.05, 4.69) is 0 Å². The molecule has 0 saturated carbocycles. The van der Waals surface area contributed by atoms with Gasteiger partial charge in [-0.05, 0) is 48.4 Å². The molecule has 0 unspecified atom stereocenters. The molecular formula is C25H20Cl2N2O5S. The zero-order valence-corrected chi connectivity index (χ0v) is 21.0. The Morgan fingerprint density at radius 3 is 2.20 bits per heavy atom. The summed E-state index contributed by atoms with van der Waals surface area (Å²) in [4.78, 5) is 39.6. The van der Waals surface area contributed by atoms with Gasteiger partial charge in [-0.3, -0.25) is 9.36 Å². The molecule has 7 nitrogen and oxygen atoms in total. The molecule has 0 amide bonds. The molecule has 4 rings (SSSR count). The number of aromatic nitrogens is 1. The topological polar surface area (TPSA) is 101 Å². The van der Waals surface area contributed by atoms with Crippen molar-refractivity contribution in [2.24, 2.45) is 5.73 Å². The molecule has 0 bridgehead atoms. The van der Waals surface area contributed by atoms with E-state index in [-0.39, 0.29) is 28.2 Å². The highest BCUT2D eigenvalue weighted by Crippen LogP contribution is 2.38. The number of methoxy groups -OCH3 is 1. The summed E-state index contributed by atoms with van der Waals surface area (Å²) in [6.07, 6.45) is 1.66. The lowest BCUT2D eigenvalue weighted by Gasteiger charge is -2.26. The highest BCUT2D eigenvalue weighted by molar-refractivity contribution is 7.07. The van der Waals surface area contributed by atoms with Crippen LogP contribution in [0.2, 0.25) is 10.0 Å². The monoisotopic (exact) mass is 530 g/mol. The third kappa shape index (κ3) is 4.65. The van der Waals surface area contributed by atoms with Crippen molar-refractivity contribution in [2.45, 2.75) is 12.8 Å². The fraction of sp³-hybridized carbons (Fsp3) is 0.160. The van der Waals surface area contributed by atoms with Crippen molar-refractivity contribution >= 4 is 63.9 Å². The third-order valence-corrected chi connectivity index (χ3v) is 7.03. The maximum Gasteiger partial charge on any atom is 0.338 e. The fourth-order valence-electron chi connectivity index (χ4n) is 3.86. The van der Waals surface area contributed by atoms with E-state index in [0.717, 1.165) is 21.5 Å². The van der Waals surface area contributed by atoms with Crippen LogP contribution in [0.4, 0.5) is 0 Å². The minimum Gasteiger partial charge on any atom is -0.466 e. The molecule has 3 aromatic rings. The Kier molecular flexibility index (Phi) is 7.16. The van der Waals surface area contributed by atoms with Crippen molar-refractivity contribution in [1.29, 1.82) is 0 Å². The van der Waals surface area contributed by atoms with Crippen LogP contribution in [0.1, 0.15) is 24.0 Å². The molecule has 0 aliphatic carbocycles. The first kappa shape index (κ1) is 24.8. The molecule has 0 saturated heterocycles. The Morgan fingerprint density at radius 1 is 1.03 bits per heavy atom. The summed E-state index contributed by atoms with van der Waals surface area (Å²) in [6.45, 7) is 1.73. The van der Waals surface area contributed by atoms with Gasteiger partial charge in [0, 0.05) is 10.0 Å². The van der Waals surface area contributed by atoms with Gasteiger partial charge in [0.1, 0.15) is 10.5 Å². The van der Waals surface area contributed by atoms with Gasteiger partial charge in [0.25, 0.3) is 5.56 Å². The molecule has 1 aliphatic heterocycles. The molecule has 180 valence electrons. The smallest absolute Gasteiger partial charge is 0.338 e. The molecule has 2 aromatic carbocycles. The average Bonchev–Trinajstić information content (AvgIpc) is 3.16. The van der Waals surface area contributed by atoms with Gasteiger partial charge in [-0.1, -0.05) is 47.5 Å². The number of hydrogen-bond acceptors (Lipinski definition) is 7. The molecule has 2 N–H and O–H groups in total. The van der Waals surface area contributed by atoms with E-state index in [1.54, 1.807) is 61.5 Å². The summed E-state index contributed by atoms with van der Waals surface area (Å²) in [7, 11) is 1.23. The molecule has 1 aromatic heterocycles. The zero-order valence-electron chi connectivity index (χ0n) is 18.7. The van der Waals surface area contributed by atoms with Crippen LogP contribution < -0.4 is 20.5 Å². The number of fused-ring (bicyclic) bond motifs is 1. The zero-order chi connectivity index (χ0) is 25.3. The van der Waals surface area contributed by atoms with E-state index >= 15 is 0 Å². The van der Waals surface area contributed by atoms with Crippen LogP contribution >= 0.6 is 34.5 Å². The van der Waals surface area contributed by atoms with Crippen molar-refractivity contribution in [3.8, 4) is 0 Å². The maximum atomic E-state index is 13.4. The molecule has 1 aliphatic rings. The molecule has 0 radical (unpaired) electrons. The second-order valence-electron chi connectivity index (χ2n) is 7.52. The van der Waals surface area contributed by atoms with Crippen LogP contribution in [-0.4, -0.2) is 30.2 Å². The summed E-state index contributed by atoms with van der Waals surface area (Å²) in [5, 5.41) is 1.04. The predicted molar refractivity (Wildman–Crippen MR) is 137 cm³/mol. The van der Waals surface area contributed by atoms with E-state index in [1.165, 1.54) is 7.11 Å². The summed E-state index contributed by atoms with van der Waals surface area (Å²) in [6, 6.07) is 13.6. The lowest BCUT2D eigenvalue weighted by atomic mass is 9.83. The third-order valence-electron chi connectivity index (χ3n) is 5.42. The largest absolute Gasteiger partial charge is 0.466 e. The Hall–Kier alpha value is -3.33. The van der Waals surface area contributed by atoms with Crippen LogP contribution in [0.3, 0.4) is 0 Å². The summed E-state index contributed by atoms with van der Waals surface area (Å²) < 4.78 is 12.1. The number of ether oxygens (including phenoxy) is 2. The molecule has 0 fully saturated rings. The second kappa shape index (κ2) is 10.1. The van der Waals surface area contributed by atoms with Crippen molar-refractivity contribution < 1.29 is 19.1 Å². The first-order valence-corrected chi connectivity index (χ1v) is 12.1. The predicted octanol–water partition coefficient (Wildman–Crippen LogP) is 2.86. The van der Waals surface area contributed by atoms with Gasteiger partial charge < -0.3 is 15.2 Å². The number of esters is 2. The van der Waals surface area contributed by atoms with Crippen molar-refractivity contribution in [3.05, 3.63) is 94.8 Å². The Balaban J connectivity index is 2.10. The van der Waals surface area contributed by atoms with Gasteiger partial charge in [-0.2, -0.15) is 0 Å². The number of nitrogens with zero attached hydrogens (tertiary/aromatic N) is 1. The lowest BCUT2D eigenvalue weighted by Crippen LogP contribution is -2.41. The van der Waals surface area contributed by atoms with Gasteiger partial charge in [0.15, 0.2) is 0 Å². The quantitative estimate of drug-likeness (QED) is 0.509. The Labute approximate surface area is 214 Å². The minimum atomic E-state index is -0.930. The van der Waals surface area contributed by atoms with E-state index < -0.39 is 23.4 Å². The molecular weight excluding hydrogens is 511 g/mol.